The Hall–Kier alpha value is -1.79. The zero-order chi connectivity index (χ0) is 18.5. The second-order valence-corrected chi connectivity index (χ2v) is 7.88. The lowest BCUT2D eigenvalue weighted by Gasteiger charge is -2.24. The Morgan fingerprint density at radius 3 is 1.43 bits per heavy atom. The van der Waals surface area contributed by atoms with Crippen LogP contribution in [0.3, 0.4) is 0 Å². The summed E-state index contributed by atoms with van der Waals surface area (Å²) in [6.45, 7) is 16.2. The van der Waals surface area contributed by atoms with Gasteiger partial charge in [0.1, 0.15) is 11.2 Å². The average molecular weight is 329 g/mol. The van der Waals surface area contributed by atoms with Gasteiger partial charge in [-0.3, -0.25) is 10.6 Å². The molecule has 0 fully saturated rings. The number of hydrogen-bond acceptors (Lipinski definition) is 5. The fraction of sp³-hybridized carbons (Fsp3) is 0.812. The predicted molar refractivity (Wildman–Crippen MR) is 90.5 cm³/mol. The molecule has 2 amide bonds. The number of amides is 2. The minimum absolute atomic E-state index is 0.000324. The molecule has 0 aromatic carbocycles. The first kappa shape index (κ1) is 21.2. The summed E-state index contributed by atoms with van der Waals surface area (Å²) in [5.74, 6) is 0.000324. The summed E-state index contributed by atoms with van der Waals surface area (Å²) in [7, 11) is 0. The van der Waals surface area contributed by atoms with Crippen molar-refractivity contribution in [3.8, 4) is 0 Å². The van der Waals surface area contributed by atoms with Crippen LogP contribution in [0.4, 0.5) is 9.59 Å². The molecule has 0 unspecified atom stereocenters. The van der Waals surface area contributed by atoms with E-state index in [9.17, 15) is 9.59 Å². The summed E-state index contributed by atoms with van der Waals surface area (Å²) in [6.07, 6.45) is -0.666. The second-order valence-electron chi connectivity index (χ2n) is 7.88. The Morgan fingerprint density at radius 2 is 1.17 bits per heavy atom. The van der Waals surface area contributed by atoms with Gasteiger partial charge in [0.25, 0.3) is 0 Å². The molecule has 0 aliphatic heterocycles. The Bertz CT molecular complexity index is 425. The summed E-state index contributed by atoms with van der Waals surface area (Å²) >= 11 is 0. The van der Waals surface area contributed by atoms with Gasteiger partial charge in [-0.1, -0.05) is 6.92 Å². The third kappa shape index (κ3) is 11.4. The highest BCUT2D eigenvalue weighted by atomic mass is 16.6. The van der Waals surface area contributed by atoms with Crippen molar-refractivity contribution in [3.63, 3.8) is 0 Å². The molecule has 0 rings (SSSR count). The number of carbonyl (C=O) groups excluding carboxylic acids is 2. The molecule has 23 heavy (non-hydrogen) atoms. The van der Waals surface area contributed by atoms with Crippen molar-refractivity contribution in [3.05, 3.63) is 0 Å². The van der Waals surface area contributed by atoms with Gasteiger partial charge in [0.2, 0.25) is 5.96 Å². The number of nitrogens with zero attached hydrogens (tertiary/aromatic N) is 1. The Kier molecular flexibility index (Phi) is 7.06. The van der Waals surface area contributed by atoms with E-state index < -0.39 is 28.9 Å². The van der Waals surface area contributed by atoms with Crippen LogP contribution in [0.15, 0.2) is 4.99 Å². The Morgan fingerprint density at radius 1 is 0.826 bits per heavy atom. The first-order valence-electron chi connectivity index (χ1n) is 7.73. The quantitative estimate of drug-likeness (QED) is 0.598. The van der Waals surface area contributed by atoms with Crippen LogP contribution >= 0.6 is 0 Å². The van der Waals surface area contributed by atoms with Crippen LogP contribution in [-0.4, -0.2) is 34.9 Å². The van der Waals surface area contributed by atoms with Crippen molar-refractivity contribution in [2.24, 2.45) is 4.99 Å². The zero-order valence-electron chi connectivity index (χ0n) is 15.8. The summed E-state index contributed by atoms with van der Waals surface area (Å²) < 4.78 is 10.4. The van der Waals surface area contributed by atoms with E-state index in [-0.39, 0.29) is 5.96 Å². The minimum atomic E-state index is -0.695. The van der Waals surface area contributed by atoms with Gasteiger partial charge in [0.15, 0.2) is 0 Å². The number of aliphatic imine (C=N–C) groups is 1. The lowest BCUT2D eigenvalue weighted by molar-refractivity contribution is 0.0544. The van der Waals surface area contributed by atoms with E-state index in [2.05, 4.69) is 15.6 Å². The smallest absolute Gasteiger partial charge is 0.414 e. The van der Waals surface area contributed by atoms with Crippen LogP contribution in [0.1, 0.15) is 68.7 Å². The number of alkyl carbamates (subject to hydrolysis) is 2. The van der Waals surface area contributed by atoms with E-state index in [1.807, 2.05) is 20.8 Å². The molecule has 0 spiro atoms. The highest BCUT2D eigenvalue weighted by Gasteiger charge is 2.23. The van der Waals surface area contributed by atoms with Crippen LogP contribution in [0.2, 0.25) is 0 Å². The molecule has 0 radical (unpaired) electrons. The second kappa shape index (κ2) is 7.66. The molecule has 0 heterocycles. The Balaban J connectivity index is 5.12. The largest absolute Gasteiger partial charge is 0.444 e. The van der Waals surface area contributed by atoms with Gasteiger partial charge in [0, 0.05) is 0 Å². The number of guanidine groups is 1. The van der Waals surface area contributed by atoms with Crippen molar-refractivity contribution in [1.82, 2.24) is 10.6 Å². The van der Waals surface area contributed by atoms with Gasteiger partial charge < -0.3 is 9.47 Å². The fourth-order valence-electron chi connectivity index (χ4n) is 1.27. The topological polar surface area (TPSA) is 89.0 Å². The van der Waals surface area contributed by atoms with E-state index in [0.29, 0.717) is 0 Å². The molecule has 0 bridgehead atoms. The molecular formula is C16H31N3O4. The third-order valence-electron chi connectivity index (χ3n) is 2.52. The molecule has 7 heteroatoms. The summed E-state index contributed by atoms with van der Waals surface area (Å²) in [4.78, 5) is 28.2. The predicted octanol–water partition coefficient (Wildman–Crippen LogP) is 3.58. The molecule has 0 aromatic heterocycles. The highest BCUT2D eigenvalue weighted by Crippen LogP contribution is 2.13. The van der Waals surface area contributed by atoms with Crippen LogP contribution in [0.5, 0.6) is 0 Å². The van der Waals surface area contributed by atoms with Gasteiger partial charge >= 0.3 is 12.2 Å². The maximum absolute atomic E-state index is 11.9. The lowest BCUT2D eigenvalue weighted by atomic mass is 10.0. The zero-order valence-corrected chi connectivity index (χ0v) is 15.8. The highest BCUT2D eigenvalue weighted by molar-refractivity contribution is 6.01. The normalized spacial score (nSPS) is 12.2. The van der Waals surface area contributed by atoms with E-state index >= 15 is 0 Å². The summed E-state index contributed by atoms with van der Waals surface area (Å²) in [5.41, 5.74) is -1.76. The van der Waals surface area contributed by atoms with Gasteiger partial charge in [-0.15, -0.1) is 0 Å². The van der Waals surface area contributed by atoms with Crippen molar-refractivity contribution in [1.29, 1.82) is 0 Å². The van der Waals surface area contributed by atoms with Crippen molar-refractivity contribution in [2.75, 3.05) is 0 Å². The first-order valence-corrected chi connectivity index (χ1v) is 7.73. The Labute approximate surface area is 139 Å². The summed E-state index contributed by atoms with van der Waals surface area (Å²) in [6, 6.07) is 0. The van der Waals surface area contributed by atoms with Gasteiger partial charge in [-0.25, -0.2) is 14.6 Å². The number of hydrogen-bond donors (Lipinski definition) is 2. The number of rotatable bonds is 2. The maximum atomic E-state index is 11.9. The molecule has 0 aromatic rings. The van der Waals surface area contributed by atoms with Crippen molar-refractivity contribution in [2.45, 2.75) is 85.5 Å². The van der Waals surface area contributed by atoms with Gasteiger partial charge in [-0.05, 0) is 61.8 Å². The van der Waals surface area contributed by atoms with E-state index in [0.717, 1.165) is 6.42 Å². The molecule has 0 aliphatic rings. The summed E-state index contributed by atoms with van der Waals surface area (Å²) in [5, 5.41) is 4.92. The molecule has 0 saturated heterocycles. The molecule has 0 saturated carbocycles. The minimum Gasteiger partial charge on any atom is -0.444 e. The van der Waals surface area contributed by atoms with Crippen molar-refractivity contribution >= 4 is 18.1 Å². The van der Waals surface area contributed by atoms with Crippen LogP contribution in [-0.2, 0) is 9.47 Å². The average Bonchev–Trinajstić information content (AvgIpc) is 2.22. The maximum Gasteiger partial charge on any atom is 0.414 e. The molecule has 134 valence electrons. The number of ether oxygens (including phenoxy) is 2. The molecular weight excluding hydrogens is 298 g/mol. The monoisotopic (exact) mass is 329 g/mol. The van der Waals surface area contributed by atoms with E-state index in [1.165, 1.54) is 0 Å². The first-order chi connectivity index (χ1) is 10.1. The number of nitrogens with one attached hydrogen (secondary N) is 2. The molecule has 0 aliphatic carbocycles. The van der Waals surface area contributed by atoms with Crippen LogP contribution < -0.4 is 10.6 Å². The molecule has 0 atom stereocenters. The van der Waals surface area contributed by atoms with E-state index in [1.54, 1.807) is 41.5 Å². The van der Waals surface area contributed by atoms with Crippen LogP contribution in [0, 0.1) is 0 Å². The van der Waals surface area contributed by atoms with Crippen molar-refractivity contribution < 1.29 is 19.1 Å². The fourth-order valence-corrected chi connectivity index (χ4v) is 1.27. The number of carbonyl (C=O) groups is 2. The van der Waals surface area contributed by atoms with E-state index in [4.69, 9.17) is 9.47 Å². The standard InChI is InChI=1S/C16H31N3O4/c1-10-16(8,9)19-11(17-12(20)22-14(2,3)4)18-13(21)23-15(5,6)7/h10H2,1-9H3,(H2,17,18,19,20,21). The SMILES string of the molecule is CCC(C)(C)N=C(NC(=O)OC(C)(C)C)NC(=O)OC(C)(C)C. The van der Waals surface area contributed by atoms with Gasteiger partial charge in [0.05, 0.1) is 5.54 Å². The molecule has 2 N–H and O–H groups in total. The lowest BCUT2D eigenvalue weighted by Crippen LogP contribution is -2.48. The molecule has 7 nitrogen and oxygen atoms in total. The third-order valence-corrected chi connectivity index (χ3v) is 2.52. The van der Waals surface area contributed by atoms with Gasteiger partial charge in [-0.2, -0.15) is 0 Å². The van der Waals surface area contributed by atoms with Crippen LogP contribution in [0.25, 0.3) is 0 Å².